The minimum absolute atomic E-state index is 0.0180. The Bertz CT molecular complexity index is 872. The number of amides is 2. The Balaban J connectivity index is 1.50. The van der Waals surface area contributed by atoms with Crippen LogP contribution in [0.3, 0.4) is 0 Å². The first-order valence-electron chi connectivity index (χ1n) is 9.79. The highest BCUT2D eigenvalue weighted by Gasteiger charge is 2.23. The summed E-state index contributed by atoms with van der Waals surface area (Å²) < 4.78 is 15.3. The number of rotatable bonds is 7. The number of halogens is 1. The topological polar surface area (TPSA) is 88.9 Å². The van der Waals surface area contributed by atoms with E-state index in [4.69, 9.17) is 0 Å². The number of benzene rings is 1. The first kappa shape index (κ1) is 21.3. The Morgan fingerprint density at radius 1 is 1.21 bits per heavy atom. The van der Waals surface area contributed by atoms with Gasteiger partial charge in [0.15, 0.2) is 5.16 Å². The SMILES string of the molecule is C[C@H]1CCCC[C@H]1NC(=O)CSc1nnc(CC(=O)Nc2ccccc2F)n1C. The monoisotopic (exact) mass is 419 g/mol. The minimum Gasteiger partial charge on any atom is -0.352 e. The average molecular weight is 420 g/mol. The summed E-state index contributed by atoms with van der Waals surface area (Å²) in [7, 11) is 1.75. The van der Waals surface area contributed by atoms with E-state index >= 15 is 0 Å². The lowest BCUT2D eigenvalue weighted by Gasteiger charge is -2.29. The van der Waals surface area contributed by atoms with E-state index in [1.807, 2.05) is 0 Å². The van der Waals surface area contributed by atoms with Crippen molar-refractivity contribution in [1.29, 1.82) is 0 Å². The van der Waals surface area contributed by atoms with Gasteiger partial charge >= 0.3 is 0 Å². The van der Waals surface area contributed by atoms with Crippen molar-refractivity contribution in [3.8, 4) is 0 Å². The molecule has 7 nitrogen and oxygen atoms in total. The molecular weight excluding hydrogens is 393 g/mol. The van der Waals surface area contributed by atoms with Crippen LogP contribution in [0.25, 0.3) is 0 Å². The number of nitrogens with one attached hydrogen (secondary N) is 2. The number of hydrogen-bond donors (Lipinski definition) is 2. The standard InChI is InChI=1S/C20H26FN5O2S/c1-13-7-3-5-9-15(13)22-19(28)12-29-20-25-24-17(26(20)2)11-18(27)23-16-10-6-4-8-14(16)21/h4,6,8,10,13,15H,3,5,7,9,11-12H2,1-2H3,(H,22,28)(H,23,27)/t13-,15+/m0/s1. The molecule has 1 aliphatic rings. The predicted molar refractivity (Wildman–Crippen MR) is 110 cm³/mol. The van der Waals surface area contributed by atoms with Gasteiger partial charge in [0, 0.05) is 13.1 Å². The van der Waals surface area contributed by atoms with E-state index in [-0.39, 0.29) is 35.7 Å². The van der Waals surface area contributed by atoms with Crippen molar-refractivity contribution in [3.63, 3.8) is 0 Å². The lowest BCUT2D eigenvalue weighted by molar-refractivity contribution is -0.120. The number of carbonyl (C=O) groups is 2. The Kier molecular flexibility index (Phi) is 7.24. The van der Waals surface area contributed by atoms with Gasteiger partial charge in [0.25, 0.3) is 0 Å². The van der Waals surface area contributed by atoms with Crippen LogP contribution in [-0.4, -0.2) is 38.4 Å². The molecule has 3 rings (SSSR count). The number of anilines is 1. The molecule has 1 aliphatic carbocycles. The second-order valence-corrected chi connectivity index (χ2v) is 8.33. The van der Waals surface area contributed by atoms with Crippen LogP contribution in [0.15, 0.2) is 29.4 Å². The van der Waals surface area contributed by atoms with Gasteiger partial charge in [-0.05, 0) is 30.9 Å². The van der Waals surface area contributed by atoms with E-state index in [9.17, 15) is 14.0 Å². The van der Waals surface area contributed by atoms with E-state index in [1.54, 1.807) is 23.7 Å². The van der Waals surface area contributed by atoms with Crippen LogP contribution in [0.1, 0.15) is 38.4 Å². The average Bonchev–Trinajstić information content (AvgIpc) is 3.03. The van der Waals surface area contributed by atoms with Crippen LogP contribution in [0, 0.1) is 11.7 Å². The summed E-state index contributed by atoms with van der Waals surface area (Å²) in [5, 5.41) is 14.3. The quantitative estimate of drug-likeness (QED) is 0.674. The third kappa shape index (κ3) is 5.79. The molecular formula is C20H26FN5O2S. The van der Waals surface area contributed by atoms with Gasteiger partial charge in [-0.15, -0.1) is 10.2 Å². The number of thioether (sulfide) groups is 1. The van der Waals surface area contributed by atoms with Gasteiger partial charge in [-0.3, -0.25) is 9.59 Å². The second-order valence-electron chi connectivity index (χ2n) is 7.39. The van der Waals surface area contributed by atoms with Gasteiger partial charge in [-0.1, -0.05) is 43.7 Å². The first-order valence-corrected chi connectivity index (χ1v) is 10.8. The Morgan fingerprint density at radius 3 is 2.72 bits per heavy atom. The molecule has 0 saturated heterocycles. The van der Waals surface area contributed by atoms with Crippen molar-refractivity contribution in [1.82, 2.24) is 20.1 Å². The van der Waals surface area contributed by atoms with E-state index < -0.39 is 5.82 Å². The number of carbonyl (C=O) groups excluding carboxylic acids is 2. The maximum atomic E-state index is 13.7. The molecule has 0 unspecified atom stereocenters. The van der Waals surface area contributed by atoms with Crippen molar-refractivity contribution in [2.24, 2.45) is 13.0 Å². The summed E-state index contributed by atoms with van der Waals surface area (Å²) in [5.74, 6) is 0.307. The fourth-order valence-corrected chi connectivity index (χ4v) is 4.18. The van der Waals surface area contributed by atoms with Gasteiger partial charge in [-0.25, -0.2) is 4.39 Å². The van der Waals surface area contributed by atoms with Crippen molar-refractivity contribution < 1.29 is 14.0 Å². The van der Waals surface area contributed by atoms with Crippen LogP contribution in [-0.2, 0) is 23.1 Å². The molecule has 1 heterocycles. The summed E-state index contributed by atoms with van der Waals surface area (Å²) in [6, 6.07) is 6.23. The zero-order chi connectivity index (χ0) is 20.8. The van der Waals surface area contributed by atoms with Crippen molar-refractivity contribution in [2.45, 2.75) is 50.2 Å². The highest BCUT2D eigenvalue weighted by molar-refractivity contribution is 7.99. The number of aromatic nitrogens is 3. The Morgan fingerprint density at radius 2 is 1.97 bits per heavy atom. The Hall–Kier alpha value is -2.42. The zero-order valence-corrected chi connectivity index (χ0v) is 17.5. The summed E-state index contributed by atoms with van der Waals surface area (Å²) >= 11 is 1.28. The second kappa shape index (κ2) is 9.87. The van der Waals surface area contributed by atoms with Gasteiger partial charge in [0.05, 0.1) is 17.9 Å². The van der Waals surface area contributed by atoms with Gasteiger partial charge in [0.2, 0.25) is 11.8 Å². The molecule has 2 atom stereocenters. The van der Waals surface area contributed by atoms with E-state index in [2.05, 4.69) is 27.8 Å². The van der Waals surface area contributed by atoms with Gasteiger partial charge in [0.1, 0.15) is 11.6 Å². The summed E-state index contributed by atoms with van der Waals surface area (Å²) in [4.78, 5) is 24.5. The van der Waals surface area contributed by atoms with Crippen LogP contribution < -0.4 is 10.6 Å². The molecule has 0 bridgehead atoms. The molecule has 0 aliphatic heterocycles. The molecule has 0 spiro atoms. The number of nitrogens with zero attached hydrogens (tertiary/aromatic N) is 3. The van der Waals surface area contributed by atoms with Crippen LogP contribution in [0.2, 0.25) is 0 Å². The zero-order valence-electron chi connectivity index (χ0n) is 16.7. The molecule has 1 aromatic heterocycles. The van der Waals surface area contributed by atoms with Crippen molar-refractivity contribution in [2.75, 3.05) is 11.1 Å². The predicted octanol–water partition coefficient (Wildman–Crippen LogP) is 2.92. The van der Waals surface area contributed by atoms with Crippen molar-refractivity contribution >= 4 is 29.3 Å². The maximum absolute atomic E-state index is 13.7. The molecule has 1 saturated carbocycles. The molecule has 1 aromatic carbocycles. The lowest BCUT2D eigenvalue weighted by atomic mass is 9.86. The third-order valence-electron chi connectivity index (χ3n) is 5.18. The molecule has 9 heteroatoms. The van der Waals surface area contributed by atoms with E-state index in [0.29, 0.717) is 16.9 Å². The molecule has 0 radical (unpaired) electrons. The van der Waals surface area contributed by atoms with E-state index in [0.717, 1.165) is 19.3 Å². The summed E-state index contributed by atoms with van der Waals surface area (Å²) in [6.45, 7) is 2.18. The highest BCUT2D eigenvalue weighted by Crippen LogP contribution is 2.24. The summed E-state index contributed by atoms with van der Waals surface area (Å²) in [5.41, 5.74) is 0.128. The molecule has 29 heavy (non-hydrogen) atoms. The Labute approximate surface area is 173 Å². The maximum Gasteiger partial charge on any atom is 0.232 e. The van der Waals surface area contributed by atoms with Crippen LogP contribution in [0.5, 0.6) is 0 Å². The fourth-order valence-electron chi connectivity index (χ4n) is 3.43. The van der Waals surface area contributed by atoms with Crippen molar-refractivity contribution in [3.05, 3.63) is 35.9 Å². The first-order chi connectivity index (χ1) is 13.9. The minimum atomic E-state index is -0.492. The molecule has 2 N–H and O–H groups in total. The number of hydrogen-bond acceptors (Lipinski definition) is 5. The fraction of sp³-hybridized carbons (Fsp3) is 0.500. The normalized spacial score (nSPS) is 19.0. The van der Waals surface area contributed by atoms with Gasteiger partial charge in [-0.2, -0.15) is 0 Å². The van der Waals surface area contributed by atoms with Crippen LogP contribution >= 0.6 is 11.8 Å². The largest absolute Gasteiger partial charge is 0.352 e. The number of para-hydroxylation sites is 1. The molecule has 156 valence electrons. The summed E-state index contributed by atoms with van der Waals surface area (Å²) in [6.07, 6.45) is 4.53. The molecule has 2 aromatic rings. The molecule has 2 amide bonds. The molecule has 1 fully saturated rings. The lowest BCUT2D eigenvalue weighted by Crippen LogP contribution is -2.41. The van der Waals surface area contributed by atoms with Crippen LogP contribution in [0.4, 0.5) is 10.1 Å². The third-order valence-corrected chi connectivity index (χ3v) is 6.20. The van der Waals surface area contributed by atoms with Gasteiger partial charge < -0.3 is 15.2 Å². The smallest absolute Gasteiger partial charge is 0.232 e. The highest BCUT2D eigenvalue weighted by atomic mass is 32.2. The van der Waals surface area contributed by atoms with E-state index in [1.165, 1.54) is 30.3 Å².